The Hall–Kier alpha value is -1.32. The predicted molar refractivity (Wildman–Crippen MR) is 138 cm³/mol. The summed E-state index contributed by atoms with van der Waals surface area (Å²) in [4.78, 5) is 44.2. The third-order valence-electron chi connectivity index (χ3n) is 7.07. The number of carbonyl (C=O) groups is 3. The molecule has 7 nitrogen and oxygen atoms in total. The van der Waals surface area contributed by atoms with Crippen LogP contribution in [-0.2, 0) is 19.1 Å². The van der Waals surface area contributed by atoms with Gasteiger partial charge in [0.25, 0.3) is 0 Å². The number of β-amino-alcohol motifs (C(OH)–C–C–N with tert-alkyl or cyclic N) is 1. The van der Waals surface area contributed by atoms with E-state index in [1.165, 1.54) is 4.90 Å². The molecule has 34 heavy (non-hydrogen) atoms. The van der Waals surface area contributed by atoms with E-state index in [9.17, 15) is 19.5 Å². The van der Waals surface area contributed by atoms with Gasteiger partial charge in [-0.25, -0.2) is 0 Å². The summed E-state index contributed by atoms with van der Waals surface area (Å²) >= 11 is 5.32. The Morgan fingerprint density at radius 3 is 2.62 bits per heavy atom. The van der Waals surface area contributed by atoms with Crippen molar-refractivity contribution in [3.63, 3.8) is 0 Å². The lowest BCUT2D eigenvalue weighted by Crippen LogP contribution is -2.59. The summed E-state index contributed by atoms with van der Waals surface area (Å²) in [6.07, 6.45) is 6.62. The molecule has 3 aliphatic heterocycles. The molecule has 3 heterocycles. The van der Waals surface area contributed by atoms with E-state index in [4.69, 9.17) is 4.74 Å². The fourth-order valence-corrected chi connectivity index (χ4v) is 9.25. The minimum Gasteiger partial charge on any atom is -0.465 e. The van der Waals surface area contributed by atoms with E-state index in [0.29, 0.717) is 19.6 Å². The number of ether oxygens (including phenoxy) is 1. The molecule has 2 amide bonds. The first-order chi connectivity index (χ1) is 16.0. The molecule has 0 radical (unpaired) electrons. The van der Waals surface area contributed by atoms with Crippen molar-refractivity contribution in [3.05, 3.63) is 25.3 Å². The zero-order valence-electron chi connectivity index (χ0n) is 20.4. The fourth-order valence-electron chi connectivity index (χ4n) is 5.66. The zero-order chi connectivity index (χ0) is 25.3. The molecule has 190 valence electrons. The van der Waals surface area contributed by atoms with E-state index in [-0.39, 0.29) is 41.0 Å². The summed E-state index contributed by atoms with van der Waals surface area (Å²) < 4.78 is 4.89. The number of allylic oxidation sites excluding steroid dienone is 1. The van der Waals surface area contributed by atoms with Crippen LogP contribution in [0, 0.1) is 11.8 Å². The molecule has 3 aliphatic rings. The van der Waals surface area contributed by atoms with Gasteiger partial charge in [-0.15, -0.1) is 24.9 Å². The van der Waals surface area contributed by atoms with Gasteiger partial charge < -0.3 is 19.6 Å². The Morgan fingerprint density at radius 1 is 1.32 bits per heavy atom. The molecule has 9 heteroatoms. The van der Waals surface area contributed by atoms with Gasteiger partial charge in [-0.2, -0.15) is 0 Å². The molecule has 3 fully saturated rings. The highest BCUT2D eigenvalue weighted by Gasteiger charge is 2.76. The first-order valence-corrected chi connectivity index (χ1v) is 13.8. The molecule has 1 N–H and O–H groups in total. The lowest BCUT2D eigenvalue weighted by Gasteiger charge is -2.42. The van der Waals surface area contributed by atoms with Crippen LogP contribution in [0.25, 0.3) is 0 Å². The molecule has 0 aliphatic carbocycles. The number of hydrogen-bond donors (Lipinski definition) is 1. The Kier molecular flexibility index (Phi) is 8.62. The van der Waals surface area contributed by atoms with Crippen LogP contribution in [0.4, 0.5) is 0 Å². The van der Waals surface area contributed by atoms with Crippen molar-refractivity contribution >= 4 is 45.5 Å². The minimum absolute atomic E-state index is 0.00765. The Balaban J connectivity index is 1.94. The van der Waals surface area contributed by atoms with E-state index in [0.717, 1.165) is 19.3 Å². The Bertz CT molecular complexity index is 831. The molecule has 2 bridgehead atoms. The molecule has 1 spiro atoms. The van der Waals surface area contributed by atoms with E-state index in [2.05, 4.69) is 29.1 Å². The molecular weight excluding hydrogens is 520 g/mol. The second-order valence-corrected chi connectivity index (χ2v) is 13.0. The largest absolute Gasteiger partial charge is 0.465 e. The summed E-state index contributed by atoms with van der Waals surface area (Å²) in [6.45, 7) is 13.8. The van der Waals surface area contributed by atoms with E-state index in [1.54, 1.807) is 22.7 Å². The fraction of sp³-hybridized carbons (Fsp3) is 0.720. The number of unbranched alkanes of at least 4 members (excludes halogenated alkanes) is 2. The standard InChI is InChI=1S/C25H37BrN2O5S/c1-6-8-9-10-14-33-23(32)17-18-21(30)27(12-13-29)20(25(18)15-16(26)19(17)34-25)22(31)28(11-7-2)24(3,4)5/h6-7,16-20,29H,1-2,8-15H2,3-5H3/t16?,17-,18+,19-,20?,25?/m1/s1. The molecule has 0 saturated carbocycles. The Labute approximate surface area is 215 Å². The van der Waals surface area contributed by atoms with Crippen LogP contribution in [0.15, 0.2) is 25.3 Å². The van der Waals surface area contributed by atoms with Crippen molar-refractivity contribution in [2.24, 2.45) is 11.8 Å². The number of aliphatic hydroxyl groups is 1. The van der Waals surface area contributed by atoms with Crippen LogP contribution < -0.4 is 0 Å². The summed E-state index contributed by atoms with van der Waals surface area (Å²) in [6, 6.07) is -0.753. The van der Waals surface area contributed by atoms with Gasteiger partial charge in [-0.3, -0.25) is 14.4 Å². The monoisotopic (exact) mass is 556 g/mol. The maximum atomic E-state index is 14.0. The third kappa shape index (κ3) is 4.72. The molecule has 6 atom stereocenters. The summed E-state index contributed by atoms with van der Waals surface area (Å²) in [5.41, 5.74) is -0.479. The second kappa shape index (κ2) is 10.7. The van der Waals surface area contributed by atoms with Crippen molar-refractivity contribution in [3.8, 4) is 0 Å². The van der Waals surface area contributed by atoms with E-state index in [1.807, 2.05) is 26.8 Å². The van der Waals surface area contributed by atoms with Gasteiger partial charge >= 0.3 is 5.97 Å². The molecule has 3 unspecified atom stereocenters. The normalized spacial score (nSPS) is 32.0. The van der Waals surface area contributed by atoms with Gasteiger partial charge in [-0.05, 0) is 46.5 Å². The number of aliphatic hydroxyl groups excluding tert-OH is 1. The number of carbonyl (C=O) groups excluding carboxylic acids is 3. The van der Waals surface area contributed by atoms with Crippen molar-refractivity contribution in [2.75, 3.05) is 26.3 Å². The van der Waals surface area contributed by atoms with E-state index < -0.39 is 28.2 Å². The average Bonchev–Trinajstić information content (AvgIpc) is 3.35. The summed E-state index contributed by atoms with van der Waals surface area (Å²) in [5.74, 6) is -2.01. The number of halogens is 1. The van der Waals surface area contributed by atoms with Crippen LogP contribution in [0.1, 0.15) is 46.5 Å². The van der Waals surface area contributed by atoms with Crippen LogP contribution in [0.3, 0.4) is 0 Å². The number of alkyl halides is 1. The Morgan fingerprint density at radius 2 is 2.03 bits per heavy atom. The van der Waals surface area contributed by atoms with Crippen LogP contribution in [0.5, 0.6) is 0 Å². The maximum absolute atomic E-state index is 14.0. The molecule has 3 rings (SSSR count). The van der Waals surface area contributed by atoms with Gasteiger partial charge in [0.2, 0.25) is 11.8 Å². The lowest BCUT2D eigenvalue weighted by molar-refractivity contribution is -0.154. The molecule has 0 aromatic rings. The number of fused-ring (bicyclic) bond motifs is 1. The van der Waals surface area contributed by atoms with Crippen LogP contribution in [-0.4, -0.2) is 85.4 Å². The smallest absolute Gasteiger partial charge is 0.310 e. The van der Waals surface area contributed by atoms with Crippen molar-refractivity contribution in [1.82, 2.24) is 9.80 Å². The number of nitrogens with zero attached hydrogens (tertiary/aromatic N) is 2. The molecular formula is C25H37BrN2O5S. The van der Waals surface area contributed by atoms with Crippen molar-refractivity contribution < 1.29 is 24.2 Å². The van der Waals surface area contributed by atoms with Gasteiger partial charge in [0.15, 0.2) is 0 Å². The van der Waals surface area contributed by atoms with Crippen LogP contribution >= 0.6 is 27.7 Å². The SMILES string of the molecule is C=CCCCCOC(=O)[C@H]1[C@@H]2SC3(CC2Br)C(C(=O)N(CC=C)C(C)(C)C)N(CCO)C(=O)[C@H]13. The van der Waals surface area contributed by atoms with Crippen LogP contribution in [0.2, 0.25) is 0 Å². The molecule has 3 saturated heterocycles. The molecule has 0 aromatic carbocycles. The highest BCUT2D eigenvalue weighted by Crippen LogP contribution is 2.68. The number of likely N-dealkylation sites (tertiary alicyclic amines) is 1. The summed E-state index contributed by atoms with van der Waals surface area (Å²) in [7, 11) is 0. The maximum Gasteiger partial charge on any atom is 0.310 e. The second-order valence-electron chi connectivity index (χ2n) is 10.3. The van der Waals surface area contributed by atoms with Gasteiger partial charge in [0.1, 0.15) is 6.04 Å². The van der Waals surface area contributed by atoms with Crippen molar-refractivity contribution in [1.29, 1.82) is 0 Å². The first kappa shape index (κ1) is 27.3. The van der Waals surface area contributed by atoms with Gasteiger partial charge in [0, 0.05) is 28.7 Å². The number of amides is 2. The third-order valence-corrected chi connectivity index (χ3v) is 10.3. The van der Waals surface area contributed by atoms with Gasteiger partial charge in [0.05, 0.1) is 29.8 Å². The van der Waals surface area contributed by atoms with E-state index >= 15 is 0 Å². The number of thioether (sulfide) groups is 1. The average molecular weight is 558 g/mol. The van der Waals surface area contributed by atoms with Crippen molar-refractivity contribution in [2.45, 2.75) is 72.9 Å². The number of hydrogen-bond acceptors (Lipinski definition) is 6. The van der Waals surface area contributed by atoms with Gasteiger partial charge in [-0.1, -0.05) is 28.1 Å². The lowest BCUT2D eigenvalue weighted by atomic mass is 9.71. The minimum atomic E-state index is -0.753. The summed E-state index contributed by atoms with van der Waals surface area (Å²) in [5, 5.41) is 9.61. The quantitative estimate of drug-likeness (QED) is 0.182. The zero-order valence-corrected chi connectivity index (χ0v) is 22.8. The molecule has 0 aromatic heterocycles. The number of rotatable bonds is 11. The predicted octanol–water partition coefficient (Wildman–Crippen LogP) is 3.16. The topological polar surface area (TPSA) is 87.2 Å². The first-order valence-electron chi connectivity index (χ1n) is 12.0. The number of esters is 1. The highest BCUT2D eigenvalue weighted by atomic mass is 79.9. The highest BCUT2D eigenvalue weighted by molar-refractivity contribution is 9.09.